The average molecular weight is 452 g/mol. The van der Waals surface area contributed by atoms with Gasteiger partial charge in [0.05, 0.1) is 5.56 Å². The van der Waals surface area contributed by atoms with Gasteiger partial charge in [0.1, 0.15) is 17.2 Å². The van der Waals surface area contributed by atoms with Gasteiger partial charge >= 0.3 is 0 Å². The Morgan fingerprint density at radius 2 is 2.00 bits per heavy atom. The van der Waals surface area contributed by atoms with Gasteiger partial charge in [-0.05, 0) is 43.5 Å². The highest BCUT2D eigenvalue weighted by Gasteiger charge is 2.30. The minimum absolute atomic E-state index is 0.0171. The van der Waals surface area contributed by atoms with Crippen molar-refractivity contribution >= 4 is 55.3 Å². The number of hydrogen-bond donors (Lipinski definition) is 2. The molecule has 29 heavy (non-hydrogen) atoms. The van der Waals surface area contributed by atoms with Gasteiger partial charge in [-0.15, -0.1) is 0 Å². The van der Waals surface area contributed by atoms with Crippen molar-refractivity contribution in [1.82, 2.24) is 15.0 Å². The Labute approximate surface area is 175 Å². The van der Waals surface area contributed by atoms with Crippen LogP contribution in [0, 0.1) is 12.8 Å². The number of amides is 1. The Balaban J connectivity index is 1.66. The lowest BCUT2D eigenvalue weighted by Gasteiger charge is -2.10. The van der Waals surface area contributed by atoms with Gasteiger partial charge in [-0.2, -0.15) is 0 Å². The number of halogens is 1. The SMILES string of the molecule is CNc1ncc(-c2nc3cc(Br)c(C)cc3o2)c2cc(NC(=O)C3CC3)ncc12. The first-order valence-electron chi connectivity index (χ1n) is 9.38. The quantitative estimate of drug-likeness (QED) is 0.458. The van der Waals surface area contributed by atoms with Crippen LogP contribution in [0.15, 0.2) is 39.5 Å². The van der Waals surface area contributed by atoms with Crippen LogP contribution in [0.2, 0.25) is 0 Å². The Bertz CT molecular complexity index is 1240. The highest BCUT2D eigenvalue weighted by molar-refractivity contribution is 9.10. The fourth-order valence-electron chi connectivity index (χ4n) is 3.31. The molecule has 0 unspecified atom stereocenters. The predicted octanol–water partition coefficient (Wildman–Crippen LogP) is 4.90. The number of nitrogens with one attached hydrogen (secondary N) is 2. The van der Waals surface area contributed by atoms with Crippen LogP contribution in [0.3, 0.4) is 0 Å². The molecule has 1 aliphatic carbocycles. The summed E-state index contributed by atoms with van der Waals surface area (Å²) in [5.74, 6) is 1.81. The van der Waals surface area contributed by atoms with Gasteiger partial charge in [-0.1, -0.05) is 15.9 Å². The summed E-state index contributed by atoms with van der Waals surface area (Å²) in [5.41, 5.74) is 3.29. The molecule has 3 heterocycles. The number of pyridine rings is 2. The standard InChI is InChI=1S/C21H18BrN5O2/c1-10-5-17-16(7-15(10)22)26-21(29-17)14-9-25-19(23-2)13-8-24-18(6-12(13)14)27-20(28)11-3-4-11/h5-9,11H,3-4H2,1-2H3,(H,23,25)(H,24,27,28). The Hall–Kier alpha value is -3.00. The van der Waals surface area contributed by atoms with Crippen molar-refractivity contribution in [2.75, 3.05) is 17.7 Å². The zero-order chi connectivity index (χ0) is 20.1. The Kier molecular flexibility index (Phi) is 4.24. The minimum atomic E-state index is 0.0171. The van der Waals surface area contributed by atoms with Crippen molar-refractivity contribution < 1.29 is 9.21 Å². The number of hydrogen-bond acceptors (Lipinski definition) is 6. The maximum Gasteiger partial charge on any atom is 0.229 e. The van der Waals surface area contributed by atoms with Gasteiger partial charge in [-0.25, -0.2) is 15.0 Å². The number of anilines is 2. The second-order valence-corrected chi connectivity index (χ2v) is 8.09. The number of rotatable bonds is 4. The highest BCUT2D eigenvalue weighted by atomic mass is 79.9. The van der Waals surface area contributed by atoms with Gasteiger partial charge in [0.2, 0.25) is 11.8 Å². The van der Waals surface area contributed by atoms with Crippen LogP contribution < -0.4 is 10.6 Å². The third-order valence-corrected chi connectivity index (χ3v) is 5.96. The number of fused-ring (bicyclic) bond motifs is 2. The smallest absolute Gasteiger partial charge is 0.229 e. The maximum atomic E-state index is 12.2. The van der Waals surface area contributed by atoms with Gasteiger partial charge in [0.15, 0.2) is 5.58 Å². The minimum Gasteiger partial charge on any atom is -0.436 e. The van der Waals surface area contributed by atoms with Crippen LogP contribution in [0.5, 0.6) is 0 Å². The van der Waals surface area contributed by atoms with E-state index in [0.717, 1.165) is 44.7 Å². The molecule has 5 rings (SSSR count). The second-order valence-electron chi connectivity index (χ2n) is 7.24. The molecule has 1 amide bonds. The summed E-state index contributed by atoms with van der Waals surface area (Å²) in [6, 6.07) is 5.75. The number of benzene rings is 1. The first kappa shape index (κ1) is 18.1. The van der Waals surface area contributed by atoms with E-state index in [4.69, 9.17) is 4.42 Å². The van der Waals surface area contributed by atoms with Crippen LogP contribution in [0.25, 0.3) is 33.3 Å². The van der Waals surface area contributed by atoms with E-state index in [2.05, 4.69) is 41.5 Å². The summed E-state index contributed by atoms with van der Waals surface area (Å²) >= 11 is 3.54. The number of nitrogens with zero attached hydrogens (tertiary/aromatic N) is 3. The molecule has 0 saturated heterocycles. The van der Waals surface area contributed by atoms with Crippen LogP contribution in [-0.4, -0.2) is 27.9 Å². The molecule has 1 aliphatic rings. The third kappa shape index (κ3) is 3.23. The predicted molar refractivity (Wildman–Crippen MR) is 116 cm³/mol. The van der Waals surface area contributed by atoms with Crippen molar-refractivity contribution in [2.24, 2.45) is 5.92 Å². The first-order chi connectivity index (χ1) is 14.0. The molecule has 8 heteroatoms. The Morgan fingerprint density at radius 3 is 2.76 bits per heavy atom. The highest BCUT2D eigenvalue weighted by Crippen LogP contribution is 2.35. The molecular formula is C21H18BrN5O2. The summed E-state index contributed by atoms with van der Waals surface area (Å²) in [4.78, 5) is 25.7. The molecule has 0 spiro atoms. The average Bonchev–Trinajstić information content (AvgIpc) is 3.49. The molecule has 0 aliphatic heterocycles. The Morgan fingerprint density at radius 1 is 1.17 bits per heavy atom. The van der Waals surface area contributed by atoms with E-state index in [9.17, 15) is 4.79 Å². The van der Waals surface area contributed by atoms with E-state index in [0.29, 0.717) is 23.1 Å². The molecule has 0 bridgehead atoms. The summed E-state index contributed by atoms with van der Waals surface area (Å²) in [7, 11) is 1.81. The monoisotopic (exact) mass is 451 g/mol. The molecule has 7 nitrogen and oxygen atoms in total. The van der Waals surface area contributed by atoms with Crippen LogP contribution in [0.1, 0.15) is 18.4 Å². The fourth-order valence-corrected chi connectivity index (χ4v) is 3.64. The zero-order valence-corrected chi connectivity index (χ0v) is 17.5. The first-order valence-corrected chi connectivity index (χ1v) is 10.2. The van der Waals surface area contributed by atoms with Crippen molar-refractivity contribution in [1.29, 1.82) is 0 Å². The fraction of sp³-hybridized carbons (Fsp3) is 0.238. The number of carbonyl (C=O) groups is 1. The number of aryl methyl sites for hydroxylation is 1. The summed E-state index contributed by atoms with van der Waals surface area (Å²) < 4.78 is 7.02. The van der Waals surface area contributed by atoms with Gasteiger partial charge in [0.25, 0.3) is 0 Å². The number of aromatic nitrogens is 3. The molecule has 146 valence electrons. The lowest BCUT2D eigenvalue weighted by Crippen LogP contribution is -2.14. The number of carbonyl (C=O) groups excluding carboxylic acids is 1. The molecule has 0 atom stereocenters. The molecule has 1 aromatic carbocycles. The zero-order valence-electron chi connectivity index (χ0n) is 15.9. The third-order valence-electron chi connectivity index (χ3n) is 5.11. The molecule has 1 fully saturated rings. The van der Waals surface area contributed by atoms with Crippen molar-refractivity contribution in [3.05, 3.63) is 40.6 Å². The molecule has 2 N–H and O–H groups in total. The molecule has 4 aromatic rings. The van der Waals surface area contributed by atoms with Crippen LogP contribution in [-0.2, 0) is 4.79 Å². The van der Waals surface area contributed by atoms with E-state index >= 15 is 0 Å². The molecule has 3 aromatic heterocycles. The van der Waals surface area contributed by atoms with E-state index < -0.39 is 0 Å². The van der Waals surface area contributed by atoms with Crippen molar-refractivity contribution in [2.45, 2.75) is 19.8 Å². The van der Waals surface area contributed by atoms with Gasteiger partial charge in [-0.3, -0.25) is 4.79 Å². The van der Waals surface area contributed by atoms with Crippen LogP contribution in [0.4, 0.5) is 11.6 Å². The largest absolute Gasteiger partial charge is 0.436 e. The van der Waals surface area contributed by atoms with E-state index in [1.54, 1.807) is 12.4 Å². The summed E-state index contributed by atoms with van der Waals surface area (Å²) in [6.45, 7) is 2.00. The molecule has 0 radical (unpaired) electrons. The molecular weight excluding hydrogens is 434 g/mol. The molecule has 1 saturated carbocycles. The van der Waals surface area contributed by atoms with Crippen molar-refractivity contribution in [3.8, 4) is 11.5 Å². The summed E-state index contributed by atoms with van der Waals surface area (Å²) in [5, 5.41) is 7.67. The lowest BCUT2D eigenvalue weighted by molar-refractivity contribution is -0.117. The van der Waals surface area contributed by atoms with Gasteiger partial charge in [0, 0.05) is 40.6 Å². The van der Waals surface area contributed by atoms with Gasteiger partial charge < -0.3 is 15.1 Å². The maximum absolute atomic E-state index is 12.2. The van der Waals surface area contributed by atoms with E-state index in [1.807, 2.05) is 32.2 Å². The lowest BCUT2D eigenvalue weighted by atomic mass is 10.1. The van der Waals surface area contributed by atoms with Crippen molar-refractivity contribution in [3.63, 3.8) is 0 Å². The second kappa shape index (κ2) is 6.81. The number of oxazole rings is 1. The topological polar surface area (TPSA) is 92.9 Å². The van der Waals surface area contributed by atoms with E-state index in [-0.39, 0.29) is 11.8 Å². The van der Waals surface area contributed by atoms with Crippen LogP contribution >= 0.6 is 15.9 Å². The normalized spacial score (nSPS) is 13.8. The summed E-state index contributed by atoms with van der Waals surface area (Å²) in [6.07, 6.45) is 5.32. The van der Waals surface area contributed by atoms with E-state index in [1.165, 1.54) is 0 Å².